The second kappa shape index (κ2) is 7.48. The molecule has 2 aromatic rings. The highest BCUT2D eigenvalue weighted by Gasteiger charge is 2.14. The summed E-state index contributed by atoms with van der Waals surface area (Å²) in [5.41, 5.74) is 0.655. The molecule has 0 aliphatic carbocycles. The van der Waals surface area contributed by atoms with Crippen LogP contribution in [0.2, 0.25) is 0 Å². The fraction of sp³-hybridized carbons (Fsp3) is 0.200. The molecular weight excluding hydrogens is 291 g/mol. The molecule has 0 fully saturated rings. The number of nitrogens with zero attached hydrogens (tertiary/aromatic N) is 1. The van der Waals surface area contributed by atoms with Gasteiger partial charge in [-0.05, 0) is 11.6 Å². The molecule has 0 saturated heterocycles. The fourth-order valence-corrected chi connectivity index (χ4v) is 1.70. The van der Waals surface area contributed by atoms with Crippen LogP contribution in [-0.2, 0) is 11.3 Å². The maximum atomic E-state index is 13.6. The van der Waals surface area contributed by atoms with Crippen molar-refractivity contribution >= 4 is 11.8 Å². The smallest absolute Gasteiger partial charge is 0.412 e. The number of aromatic nitrogens is 1. The molecule has 0 aliphatic heterocycles. The van der Waals surface area contributed by atoms with Crippen molar-refractivity contribution in [3.8, 4) is 0 Å². The molecule has 22 heavy (non-hydrogen) atoms. The molecule has 2 rings (SSSR count). The number of aliphatic hydroxyl groups excluding tert-OH is 2. The van der Waals surface area contributed by atoms with Gasteiger partial charge in [0.15, 0.2) is 5.82 Å². The zero-order chi connectivity index (χ0) is 15.9. The standard InChI is InChI=1S/C15H15FN2O4/c16-11-7-17-13(14(20)8-19)6-12(11)18-15(21)22-9-10-4-2-1-3-5-10/h1-7,14,19-20H,8-9H2,(H,17,18,21)/t14-/m0/s1. The Labute approximate surface area is 126 Å². The van der Waals surface area contributed by atoms with E-state index in [4.69, 9.17) is 9.84 Å². The van der Waals surface area contributed by atoms with Gasteiger partial charge in [-0.15, -0.1) is 0 Å². The van der Waals surface area contributed by atoms with Gasteiger partial charge in [-0.1, -0.05) is 30.3 Å². The SMILES string of the molecule is O=C(Nc1cc([C@@H](O)CO)ncc1F)OCc1ccccc1. The average molecular weight is 306 g/mol. The third-order valence-corrected chi connectivity index (χ3v) is 2.84. The number of carbonyl (C=O) groups is 1. The first-order valence-corrected chi connectivity index (χ1v) is 6.52. The van der Waals surface area contributed by atoms with E-state index in [1.54, 1.807) is 12.1 Å². The van der Waals surface area contributed by atoms with Crippen LogP contribution in [0.4, 0.5) is 14.9 Å². The van der Waals surface area contributed by atoms with Gasteiger partial charge in [-0.2, -0.15) is 0 Å². The van der Waals surface area contributed by atoms with E-state index in [2.05, 4.69) is 10.3 Å². The Hall–Kier alpha value is -2.51. The minimum atomic E-state index is -1.25. The van der Waals surface area contributed by atoms with E-state index in [-0.39, 0.29) is 18.0 Å². The van der Waals surface area contributed by atoms with Crippen LogP contribution < -0.4 is 5.32 Å². The summed E-state index contributed by atoms with van der Waals surface area (Å²) in [6.07, 6.45) is -1.24. The van der Waals surface area contributed by atoms with Gasteiger partial charge in [-0.25, -0.2) is 9.18 Å². The minimum absolute atomic E-state index is 0.0438. The highest BCUT2D eigenvalue weighted by Crippen LogP contribution is 2.18. The first kappa shape index (κ1) is 15.9. The summed E-state index contributed by atoms with van der Waals surface area (Å²) in [5.74, 6) is -0.773. The molecule has 0 spiro atoms. The Morgan fingerprint density at radius 3 is 2.77 bits per heavy atom. The predicted molar refractivity (Wildman–Crippen MR) is 76.5 cm³/mol. The number of nitrogens with one attached hydrogen (secondary N) is 1. The Morgan fingerprint density at radius 2 is 2.09 bits per heavy atom. The third kappa shape index (κ3) is 4.24. The van der Waals surface area contributed by atoms with Crippen molar-refractivity contribution in [2.45, 2.75) is 12.7 Å². The van der Waals surface area contributed by atoms with Gasteiger partial charge in [0.1, 0.15) is 12.7 Å². The number of hydrogen-bond donors (Lipinski definition) is 3. The van der Waals surface area contributed by atoms with E-state index in [9.17, 15) is 14.3 Å². The maximum Gasteiger partial charge on any atom is 0.412 e. The zero-order valence-electron chi connectivity index (χ0n) is 11.6. The van der Waals surface area contributed by atoms with Crippen molar-refractivity contribution in [3.63, 3.8) is 0 Å². The Balaban J connectivity index is 1.99. The van der Waals surface area contributed by atoms with E-state index in [0.717, 1.165) is 17.8 Å². The molecule has 1 aromatic heterocycles. The summed E-state index contributed by atoms with van der Waals surface area (Å²) in [7, 11) is 0. The van der Waals surface area contributed by atoms with Crippen molar-refractivity contribution in [3.05, 3.63) is 59.7 Å². The van der Waals surface area contributed by atoms with Crippen LogP contribution in [0.25, 0.3) is 0 Å². The summed E-state index contributed by atoms with van der Waals surface area (Å²) in [6, 6.07) is 10.2. The Kier molecular flexibility index (Phi) is 5.40. The average Bonchev–Trinajstić information content (AvgIpc) is 2.55. The number of aliphatic hydroxyl groups is 2. The lowest BCUT2D eigenvalue weighted by Crippen LogP contribution is -2.15. The lowest BCUT2D eigenvalue weighted by molar-refractivity contribution is 0.0922. The second-order valence-corrected chi connectivity index (χ2v) is 4.47. The number of amides is 1. The van der Waals surface area contributed by atoms with Crippen LogP contribution in [0, 0.1) is 5.82 Å². The van der Waals surface area contributed by atoms with Gasteiger partial charge in [0.2, 0.25) is 0 Å². The Bertz CT molecular complexity index is 637. The van der Waals surface area contributed by atoms with Crippen LogP contribution in [0.15, 0.2) is 42.6 Å². The Morgan fingerprint density at radius 1 is 1.36 bits per heavy atom. The van der Waals surface area contributed by atoms with Crippen molar-refractivity contribution in [1.82, 2.24) is 4.98 Å². The maximum absolute atomic E-state index is 13.6. The summed E-state index contributed by atoms with van der Waals surface area (Å²) >= 11 is 0. The van der Waals surface area contributed by atoms with E-state index in [0.29, 0.717) is 0 Å². The first-order chi connectivity index (χ1) is 10.6. The molecule has 116 valence electrons. The predicted octanol–water partition coefficient (Wildman–Crippen LogP) is 2.00. The molecule has 1 atom stereocenters. The van der Waals surface area contributed by atoms with Crippen LogP contribution in [0.1, 0.15) is 17.4 Å². The monoisotopic (exact) mass is 306 g/mol. The molecule has 0 radical (unpaired) electrons. The molecule has 1 amide bonds. The lowest BCUT2D eigenvalue weighted by atomic mass is 10.2. The number of rotatable bonds is 5. The van der Waals surface area contributed by atoms with E-state index in [1.165, 1.54) is 0 Å². The van der Waals surface area contributed by atoms with Crippen LogP contribution in [0.5, 0.6) is 0 Å². The topological polar surface area (TPSA) is 91.7 Å². The third-order valence-electron chi connectivity index (χ3n) is 2.84. The number of anilines is 1. The van der Waals surface area contributed by atoms with Gasteiger partial charge in [0.25, 0.3) is 0 Å². The van der Waals surface area contributed by atoms with E-state index >= 15 is 0 Å². The van der Waals surface area contributed by atoms with Crippen LogP contribution in [-0.4, -0.2) is 27.9 Å². The van der Waals surface area contributed by atoms with E-state index in [1.807, 2.05) is 18.2 Å². The van der Waals surface area contributed by atoms with Crippen molar-refractivity contribution < 1.29 is 24.1 Å². The van der Waals surface area contributed by atoms with Gasteiger partial charge >= 0.3 is 6.09 Å². The van der Waals surface area contributed by atoms with Gasteiger partial charge in [-0.3, -0.25) is 10.3 Å². The first-order valence-electron chi connectivity index (χ1n) is 6.52. The summed E-state index contributed by atoms with van der Waals surface area (Å²) in [6.45, 7) is -0.512. The second-order valence-electron chi connectivity index (χ2n) is 4.47. The molecule has 6 nitrogen and oxygen atoms in total. The summed E-state index contributed by atoms with van der Waals surface area (Å²) in [5, 5.41) is 20.5. The number of hydrogen-bond acceptors (Lipinski definition) is 5. The summed E-state index contributed by atoms with van der Waals surface area (Å²) in [4.78, 5) is 15.3. The molecule has 0 aliphatic rings. The van der Waals surface area contributed by atoms with Gasteiger partial charge < -0.3 is 14.9 Å². The quantitative estimate of drug-likeness (QED) is 0.786. The molecule has 0 bridgehead atoms. The number of carbonyl (C=O) groups excluding carboxylic acids is 1. The number of pyridine rings is 1. The van der Waals surface area contributed by atoms with Crippen LogP contribution in [0.3, 0.4) is 0 Å². The highest BCUT2D eigenvalue weighted by molar-refractivity contribution is 5.84. The van der Waals surface area contributed by atoms with Crippen LogP contribution >= 0.6 is 0 Å². The largest absolute Gasteiger partial charge is 0.444 e. The summed E-state index contributed by atoms with van der Waals surface area (Å²) < 4.78 is 18.5. The van der Waals surface area contributed by atoms with Gasteiger partial charge in [0.05, 0.1) is 24.2 Å². The molecule has 3 N–H and O–H groups in total. The molecule has 0 saturated carbocycles. The molecule has 7 heteroatoms. The van der Waals surface area contributed by atoms with Crippen molar-refractivity contribution in [2.24, 2.45) is 0 Å². The van der Waals surface area contributed by atoms with E-state index < -0.39 is 24.6 Å². The number of benzene rings is 1. The number of halogens is 1. The molecular formula is C15H15FN2O4. The van der Waals surface area contributed by atoms with Gasteiger partial charge in [0, 0.05) is 0 Å². The normalized spacial score (nSPS) is 11.8. The molecule has 1 aromatic carbocycles. The molecule has 1 heterocycles. The van der Waals surface area contributed by atoms with Crippen molar-refractivity contribution in [1.29, 1.82) is 0 Å². The lowest BCUT2D eigenvalue weighted by Gasteiger charge is -2.11. The molecule has 0 unspecified atom stereocenters. The highest BCUT2D eigenvalue weighted by atomic mass is 19.1. The fourth-order valence-electron chi connectivity index (χ4n) is 1.70. The van der Waals surface area contributed by atoms with Crippen molar-refractivity contribution in [2.75, 3.05) is 11.9 Å². The number of ether oxygens (including phenoxy) is 1. The minimum Gasteiger partial charge on any atom is -0.444 e. The zero-order valence-corrected chi connectivity index (χ0v) is 11.6.